The molecule has 1 aromatic heterocycles. The zero-order chi connectivity index (χ0) is 17.7. The topological polar surface area (TPSA) is 42.7 Å². The van der Waals surface area contributed by atoms with Crippen LogP contribution in [0.3, 0.4) is 0 Å². The average Bonchev–Trinajstić information content (AvgIpc) is 2.68. The predicted molar refractivity (Wildman–Crippen MR) is 106 cm³/mol. The van der Waals surface area contributed by atoms with Gasteiger partial charge in [0.15, 0.2) is 6.73 Å². The van der Waals surface area contributed by atoms with Gasteiger partial charge in [-0.15, -0.1) is 0 Å². The Labute approximate surface area is 157 Å². The summed E-state index contributed by atoms with van der Waals surface area (Å²) in [7, 11) is 0. The number of anilines is 1. The van der Waals surface area contributed by atoms with Crippen molar-refractivity contribution in [3.05, 3.63) is 81.1 Å². The Morgan fingerprint density at radius 2 is 1.77 bits per heavy atom. The Kier molecular flexibility index (Phi) is 3.50. The van der Waals surface area contributed by atoms with E-state index in [1.165, 1.54) is 0 Å². The van der Waals surface area contributed by atoms with Crippen molar-refractivity contribution in [2.24, 2.45) is 0 Å². The molecule has 1 aliphatic rings. The number of halogens is 1. The van der Waals surface area contributed by atoms with E-state index in [4.69, 9.17) is 9.15 Å². The van der Waals surface area contributed by atoms with Crippen LogP contribution in [0, 0.1) is 0 Å². The third-order valence-electron chi connectivity index (χ3n) is 4.75. The molecule has 128 valence electrons. The third-order valence-corrected chi connectivity index (χ3v) is 5.24. The van der Waals surface area contributed by atoms with Crippen LogP contribution in [-0.2, 0) is 6.54 Å². The molecule has 4 nitrogen and oxygen atoms in total. The van der Waals surface area contributed by atoms with E-state index in [0.717, 1.165) is 32.2 Å². The fraction of sp³-hybridized carbons (Fsp3) is 0.0952. The second-order valence-corrected chi connectivity index (χ2v) is 7.22. The number of ether oxygens (including phenoxy) is 1. The van der Waals surface area contributed by atoms with Gasteiger partial charge in [-0.3, -0.25) is 0 Å². The SMILES string of the molecule is O=c1oc2c3c(ccc2c2ccccc12)OCN(c1cccc(Br)c1)C3. The molecule has 1 aliphatic heterocycles. The highest BCUT2D eigenvalue weighted by molar-refractivity contribution is 9.10. The summed E-state index contributed by atoms with van der Waals surface area (Å²) >= 11 is 3.51. The lowest BCUT2D eigenvalue weighted by molar-refractivity contribution is 0.289. The molecule has 0 radical (unpaired) electrons. The van der Waals surface area contributed by atoms with Gasteiger partial charge in [0.25, 0.3) is 0 Å². The van der Waals surface area contributed by atoms with Crippen molar-refractivity contribution >= 4 is 43.4 Å². The van der Waals surface area contributed by atoms with Crippen LogP contribution < -0.4 is 15.3 Å². The van der Waals surface area contributed by atoms with E-state index < -0.39 is 0 Å². The van der Waals surface area contributed by atoms with Gasteiger partial charge in [0.2, 0.25) is 0 Å². The maximum atomic E-state index is 12.4. The Morgan fingerprint density at radius 3 is 2.62 bits per heavy atom. The van der Waals surface area contributed by atoms with E-state index in [0.29, 0.717) is 24.2 Å². The minimum Gasteiger partial charge on any atom is -0.473 e. The molecular formula is C21H14BrNO3. The summed E-state index contributed by atoms with van der Waals surface area (Å²) in [6.07, 6.45) is 0. The lowest BCUT2D eigenvalue weighted by atomic mass is 10.0. The predicted octanol–water partition coefficient (Wildman–Crippen LogP) is 5.07. The highest BCUT2D eigenvalue weighted by Crippen LogP contribution is 2.36. The Bertz CT molecular complexity index is 1210. The van der Waals surface area contributed by atoms with Gasteiger partial charge in [-0.05, 0) is 41.8 Å². The van der Waals surface area contributed by atoms with Crippen molar-refractivity contribution in [2.75, 3.05) is 11.6 Å². The summed E-state index contributed by atoms with van der Waals surface area (Å²) in [5.74, 6) is 0.766. The zero-order valence-corrected chi connectivity index (χ0v) is 15.3. The van der Waals surface area contributed by atoms with Crippen molar-refractivity contribution < 1.29 is 9.15 Å². The van der Waals surface area contributed by atoms with Crippen LogP contribution in [0.15, 0.2) is 74.3 Å². The first-order chi connectivity index (χ1) is 12.7. The van der Waals surface area contributed by atoms with Crippen LogP contribution in [0.4, 0.5) is 5.69 Å². The van der Waals surface area contributed by atoms with Crippen LogP contribution in [0.2, 0.25) is 0 Å². The average molecular weight is 408 g/mol. The van der Waals surface area contributed by atoms with Crippen molar-refractivity contribution in [2.45, 2.75) is 6.54 Å². The van der Waals surface area contributed by atoms with Gasteiger partial charge in [-0.2, -0.15) is 0 Å². The van der Waals surface area contributed by atoms with E-state index in [9.17, 15) is 4.79 Å². The smallest absolute Gasteiger partial charge is 0.344 e. The lowest BCUT2D eigenvalue weighted by Gasteiger charge is -2.31. The summed E-state index contributed by atoms with van der Waals surface area (Å²) in [4.78, 5) is 14.6. The summed E-state index contributed by atoms with van der Waals surface area (Å²) in [6, 6.07) is 19.5. The second-order valence-electron chi connectivity index (χ2n) is 6.31. The van der Waals surface area contributed by atoms with Crippen LogP contribution in [0.25, 0.3) is 21.7 Å². The Hall–Kier alpha value is -2.79. The molecule has 0 unspecified atom stereocenters. The standard InChI is InChI=1S/C21H14BrNO3/c22-13-4-3-5-14(10-13)23-11-18-19(25-12-23)9-8-16-15-6-1-2-7-17(15)21(24)26-20(16)18/h1-10H,11-12H2. The first-order valence-electron chi connectivity index (χ1n) is 8.31. The van der Waals surface area contributed by atoms with Gasteiger partial charge in [-0.25, -0.2) is 4.79 Å². The molecule has 0 N–H and O–H groups in total. The van der Waals surface area contributed by atoms with E-state index in [2.05, 4.69) is 20.8 Å². The number of rotatable bonds is 1. The summed E-state index contributed by atoms with van der Waals surface area (Å²) in [5.41, 5.74) is 2.23. The maximum Gasteiger partial charge on any atom is 0.344 e. The number of nitrogens with zero attached hydrogens (tertiary/aromatic N) is 1. The van der Waals surface area contributed by atoms with Gasteiger partial charge in [0.1, 0.15) is 11.3 Å². The quantitative estimate of drug-likeness (QED) is 0.326. The number of hydrogen-bond donors (Lipinski definition) is 0. The van der Waals surface area contributed by atoms with Crippen molar-refractivity contribution in [1.82, 2.24) is 0 Å². The molecule has 0 amide bonds. The Morgan fingerprint density at radius 1 is 0.923 bits per heavy atom. The molecule has 0 saturated carbocycles. The zero-order valence-electron chi connectivity index (χ0n) is 13.7. The molecule has 0 spiro atoms. The van der Waals surface area contributed by atoms with Gasteiger partial charge < -0.3 is 14.1 Å². The van der Waals surface area contributed by atoms with Crippen LogP contribution in [0.1, 0.15) is 5.56 Å². The molecule has 26 heavy (non-hydrogen) atoms. The van der Waals surface area contributed by atoms with E-state index >= 15 is 0 Å². The molecule has 0 saturated heterocycles. The highest BCUT2D eigenvalue weighted by atomic mass is 79.9. The molecule has 0 fully saturated rings. The van der Waals surface area contributed by atoms with Crippen LogP contribution >= 0.6 is 15.9 Å². The van der Waals surface area contributed by atoms with Gasteiger partial charge in [0, 0.05) is 15.5 Å². The first kappa shape index (κ1) is 15.5. The van der Waals surface area contributed by atoms with Gasteiger partial charge >= 0.3 is 5.63 Å². The molecule has 3 aromatic carbocycles. The van der Waals surface area contributed by atoms with E-state index in [1.807, 2.05) is 54.6 Å². The molecule has 0 atom stereocenters. The van der Waals surface area contributed by atoms with Crippen molar-refractivity contribution in [3.8, 4) is 5.75 Å². The molecule has 4 aromatic rings. The first-order valence-corrected chi connectivity index (χ1v) is 9.11. The molecule has 0 bridgehead atoms. The fourth-order valence-electron chi connectivity index (χ4n) is 3.49. The summed E-state index contributed by atoms with van der Waals surface area (Å²) in [6.45, 7) is 1.07. The van der Waals surface area contributed by atoms with Crippen molar-refractivity contribution in [3.63, 3.8) is 0 Å². The second kappa shape index (κ2) is 5.88. The molecular weight excluding hydrogens is 394 g/mol. The largest absolute Gasteiger partial charge is 0.473 e. The number of benzene rings is 3. The van der Waals surface area contributed by atoms with E-state index in [1.54, 1.807) is 6.07 Å². The minimum absolute atomic E-state index is 0.318. The summed E-state index contributed by atoms with van der Waals surface area (Å²) in [5, 5.41) is 2.43. The normalized spacial score (nSPS) is 13.7. The van der Waals surface area contributed by atoms with Crippen molar-refractivity contribution in [1.29, 1.82) is 0 Å². The molecule has 5 heteroatoms. The third kappa shape index (κ3) is 2.39. The Balaban J connectivity index is 1.71. The maximum absolute atomic E-state index is 12.4. The molecule has 2 heterocycles. The molecule has 5 rings (SSSR count). The summed E-state index contributed by atoms with van der Waals surface area (Å²) < 4.78 is 12.7. The monoisotopic (exact) mass is 407 g/mol. The van der Waals surface area contributed by atoms with E-state index in [-0.39, 0.29) is 5.63 Å². The lowest BCUT2D eigenvalue weighted by Crippen LogP contribution is -2.32. The molecule has 0 aliphatic carbocycles. The minimum atomic E-state index is -0.318. The number of fused-ring (bicyclic) bond motifs is 5. The highest BCUT2D eigenvalue weighted by Gasteiger charge is 2.22. The van der Waals surface area contributed by atoms with Crippen LogP contribution in [0.5, 0.6) is 5.75 Å². The van der Waals surface area contributed by atoms with Gasteiger partial charge in [-0.1, -0.05) is 40.2 Å². The van der Waals surface area contributed by atoms with Gasteiger partial charge in [0.05, 0.1) is 17.5 Å². The van der Waals surface area contributed by atoms with Crippen LogP contribution in [-0.4, -0.2) is 6.73 Å². The fourth-order valence-corrected chi connectivity index (χ4v) is 3.88. The number of hydrogen-bond acceptors (Lipinski definition) is 4.